The summed E-state index contributed by atoms with van der Waals surface area (Å²) in [5.41, 5.74) is 5.60. The van der Waals surface area contributed by atoms with Crippen molar-refractivity contribution in [2.24, 2.45) is 4.99 Å². The van der Waals surface area contributed by atoms with E-state index in [1.165, 1.54) is 31.5 Å². The van der Waals surface area contributed by atoms with Crippen molar-refractivity contribution >= 4 is 22.3 Å². The fourth-order valence-electron chi connectivity index (χ4n) is 4.36. The van der Waals surface area contributed by atoms with Gasteiger partial charge in [0, 0.05) is 17.5 Å². The molecule has 1 aromatic heterocycles. The Morgan fingerprint density at radius 1 is 1.00 bits per heavy atom. The molecule has 3 aromatic carbocycles. The molecule has 1 aliphatic heterocycles. The highest BCUT2D eigenvalue weighted by Gasteiger charge is 2.19. The minimum atomic E-state index is 0.0448. The average molecular weight is 421 g/mol. The highest BCUT2D eigenvalue weighted by atomic mass is 16.3. The van der Waals surface area contributed by atoms with Gasteiger partial charge in [-0.3, -0.25) is 4.90 Å². The monoisotopic (exact) mass is 420 g/mol. The van der Waals surface area contributed by atoms with Gasteiger partial charge in [-0.2, -0.15) is 5.26 Å². The Bertz CT molecular complexity index is 1310. The molecule has 5 heteroatoms. The molecule has 0 atom stereocenters. The smallest absolute Gasteiger partial charge is 0.199 e. The van der Waals surface area contributed by atoms with E-state index in [9.17, 15) is 10.4 Å². The third-order valence-corrected chi connectivity index (χ3v) is 5.97. The van der Waals surface area contributed by atoms with Crippen LogP contribution in [0.4, 0.5) is 5.69 Å². The largest absolute Gasteiger partial charge is 0.494 e. The van der Waals surface area contributed by atoms with Gasteiger partial charge in [-0.15, -0.1) is 0 Å². The molecule has 2 N–H and O–H groups in total. The second kappa shape index (κ2) is 8.70. The van der Waals surface area contributed by atoms with E-state index in [0.717, 1.165) is 23.2 Å². The predicted octanol–water partition coefficient (Wildman–Crippen LogP) is 5.51. The Hall–Kier alpha value is -3.88. The van der Waals surface area contributed by atoms with Crippen LogP contribution in [0.3, 0.4) is 0 Å². The summed E-state index contributed by atoms with van der Waals surface area (Å²) in [6, 6.07) is 25.7. The molecule has 0 amide bonds. The number of nitrogens with one attached hydrogen (secondary N) is 1. The van der Waals surface area contributed by atoms with Crippen LogP contribution < -0.4 is 0 Å². The number of nitrogens with zero attached hydrogens (tertiary/aromatic N) is 3. The highest BCUT2D eigenvalue weighted by Crippen LogP contribution is 2.32. The number of hydrogen-bond acceptors (Lipinski definition) is 4. The van der Waals surface area contributed by atoms with Gasteiger partial charge < -0.3 is 10.1 Å². The minimum Gasteiger partial charge on any atom is -0.494 e. The van der Waals surface area contributed by atoms with Crippen LogP contribution in [-0.2, 0) is 6.54 Å². The molecule has 158 valence electrons. The third-order valence-electron chi connectivity index (χ3n) is 5.97. The molecular formula is C27H24N4O. The molecule has 0 radical (unpaired) electrons. The van der Waals surface area contributed by atoms with E-state index in [-0.39, 0.29) is 5.88 Å². The van der Waals surface area contributed by atoms with Gasteiger partial charge in [-0.05, 0) is 55.8 Å². The summed E-state index contributed by atoms with van der Waals surface area (Å²) in [7, 11) is 0. The summed E-state index contributed by atoms with van der Waals surface area (Å²) < 4.78 is 0. The van der Waals surface area contributed by atoms with Gasteiger partial charge in [0.1, 0.15) is 0 Å². The first-order valence-corrected chi connectivity index (χ1v) is 10.9. The van der Waals surface area contributed by atoms with Gasteiger partial charge in [-0.25, -0.2) is 4.99 Å². The van der Waals surface area contributed by atoms with Gasteiger partial charge in [0.2, 0.25) is 0 Å². The standard InChI is InChI=1S/C27H24N4O/c28-17-20-10-13-23-24(16-20)30-27(32)25(23)26(21-6-2-1-3-7-21)29-22-11-8-19(9-12-22)18-31-14-4-5-15-31/h1-3,6-13,16,30,32H,4-5,14-15,18H2. The van der Waals surface area contributed by atoms with Gasteiger partial charge in [0.25, 0.3) is 0 Å². The number of aliphatic imine (C=N–C) groups is 1. The first-order valence-electron chi connectivity index (χ1n) is 10.9. The highest BCUT2D eigenvalue weighted by molar-refractivity contribution is 6.21. The van der Waals surface area contributed by atoms with Crippen LogP contribution in [0.25, 0.3) is 10.9 Å². The predicted molar refractivity (Wildman–Crippen MR) is 127 cm³/mol. The van der Waals surface area contributed by atoms with Crippen LogP contribution in [0.15, 0.2) is 77.8 Å². The van der Waals surface area contributed by atoms with Crippen molar-refractivity contribution in [3.8, 4) is 11.9 Å². The molecule has 5 rings (SSSR count). The van der Waals surface area contributed by atoms with Crippen LogP contribution in [0, 0.1) is 11.3 Å². The van der Waals surface area contributed by atoms with Crippen molar-refractivity contribution < 1.29 is 5.11 Å². The van der Waals surface area contributed by atoms with Crippen molar-refractivity contribution in [3.05, 3.63) is 95.1 Å². The Morgan fingerprint density at radius 2 is 1.75 bits per heavy atom. The molecular weight excluding hydrogens is 396 g/mol. The number of rotatable bonds is 5. The zero-order valence-corrected chi connectivity index (χ0v) is 17.8. The van der Waals surface area contributed by atoms with Crippen molar-refractivity contribution in [3.63, 3.8) is 0 Å². The molecule has 0 aliphatic carbocycles. The van der Waals surface area contributed by atoms with E-state index < -0.39 is 0 Å². The van der Waals surface area contributed by atoms with E-state index in [1.54, 1.807) is 12.1 Å². The van der Waals surface area contributed by atoms with Crippen molar-refractivity contribution in [2.45, 2.75) is 19.4 Å². The fraction of sp³-hybridized carbons (Fsp3) is 0.185. The van der Waals surface area contributed by atoms with Crippen molar-refractivity contribution in [2.75, 3.05) is 13.1 Å². The second-order valence-corrected chi connectivity index (χ2v) is 8.20. The first-order chi connectivity index (χ1) is 15.7. The van der Waals surface area contributed by atoms with Gasteiger partial charge in [0.15, 0.2) is 5.88 Å². The minimum absolute atomic E-state index is 0.0448. The molecule has 2 heterocycles. The Balaban J connectivity index is 1.57. The maximum Gasteiger partial charge on any atom is 0.199 e. The van der Waals surface area contributed by atoms with Crippen LogP contribution in [0.1, 0.15) is 35.1 Å². The van der Waals surface area contributed by atoms with E-state index >= 15 is 0 Å². The summed E-state index contributed by atoms with van der Waals surface area (Å²) in [4.78, 5) is 10.4. The summed E-state index contributed by atoms with van der Waals surface area (Å²) >= 11 is 0. The van der Waals surface area contributed by atoms with Gasteiger partial charge >= 0.3 is 0 Å². The Labute approximate surface area is 187 Å². The molecule has 0 unspecified atom stereocenters. The molecule has 0 spiro atoms. The molecule has 1 aliphatic rings. The Kier molecular flexibility index (Phi) is 5.45. The van der Waals surface area contributed by atoms with Gasteiger partial charge in [-0.1, -0.05) is 48.5 Å². The number of benzene rings is 3. The topological polar surface area (TPSA) is 75.4 Å². The number of likely N-dealkylation sites (tertiary alicyclic amines) is 1. The first kappa shape index (κ1) is 20.0. The summed E-state index contributed by atoms with van der Waals surface area (Å²) in [5.74, 6) is 0.0448. The van der Waals surface area contributed by atoms with Crippen molar-refractivity contribution in [1.82, 2.24) is 9.88 Å². The second-order valence-electron chi connectivity index (χ2n) is 8.20. The van der Waals surface area contributed by atoms with Crippen molar-refractivity contribution in [1.29, 1.82) is 5.26 Å². The Morgan fingerprint density at radius 3 is 2.47 bits per heavy atom. The fourth-order valence-corrected chi connectivity index (χ4v) is 4.36. The van der Waals surface area contributed by atoms with Crippen LogP contribution in [0.5, 0.6) is 5.88 Å². The molecule has 32 heavy (non-hydrogen) atoms. The number of aromatic nitrogens is 1. The molecule has 1 saturated heterocycles. The zero-order valence-electron chi connectivity index (χ0n) is 17.8. The number of fused-ring (bicyclic) bond motifs is 1. The lowest BCUT2D eigenvalue weighted by molar-refractivity contribution is 0.331. The summed E-state index contributed by atoms with van der Waals surface area (Å²) in [6.45, 7) is 3.32. The SMILES string of the molecule is N#Cc1ccc2c(C(=Nc3ccc(CN4CCCC4)cc3)c3ccccc3)c(O)[nH]c2c1. The van der Waals surface area contributed by atoms with E-state index in [1.807, 2.05) is 48.5 Å². The van der Waals surface area contributed by atoms with Gasteiger partial charge in [0.05, 0.1) is 34.1 Å². The summed E-state index contributed by atoms with van der Waals surface area (Å²) in [5, 5.41) is 20.8. The lowest BCUT2D eigenvalue weighted by Crippen LogP contribution is -2.18. The number of aromatic amines is 1. The van der Waals surface area contributed by atoms with Crippen LogP contribution in [-0.4, -0.2) is 33.8 Å². The molecule has 0 saturated carbocycles. The number of H-pyrrole nitrogens is 1. The lowest BCUT2D eigenvalue weighted by Gasteiger charge is -2.14. The average Bonchev–Trinajstić information content (AvgIpc) is 3.45. The quantitative estimate of drug-likeness (QED) is 0.418. The maximum atomic E-state index is 10.8. The number of nitriles is 1. The van der Waals surface area contributed by atoms with E-state index in [2.05, 4.69) is 28.1 Å². The normalized spacial score (nSPS) is 14.7. The van der Waals surface area contributed by atoms with E-state index in [0.29, 0.717) is 22.4 Å². The maximum absolute atomic E-state index is 10.8. The van der Waals surface area contributed by atoms with E-state index in [4.69, 9.17) is 4.99 Å². The third kappa shape index (κ3) is 4.01. The molecule has 1 fully saturated rings. The molecule has 0 bridgehead atoms. The lowest BCUT2D eigenvalue weighted by atomic mass is 10.00. The summed E-state index contributed by atoms with van der Waals surface area (Å²) in [6.07, 6.45) is 2.57. The molecule has 5 nitrogen and oxygen atoms in total. The zero-order chi connectivity index (χ0) is 21.9. The molecule has 4 aromatic rings. The van der Waals surface area contributed by atoms with Crippen LogP contribution >= 0.6 is 0 Å². The van der Waals surface area contributed by atoms with Crippen LogP contribution in [0.2, 0.25) is 0 Å². The number of hydrogen-bond donors (Lipinski definition) is 2. The number of aromatic hydroxyl groups is 1.